The number of hydrogen-bond acceptors (Lipinski definition) is 6. The quantitative estimate of drug-likeness (QED) is 0.839. The molecular formula is C11H14N4O2S2. The summed E-state index contributed by atoms with van der Waals surface area (Å²) in [5.74, 6) is 0. The van der Waals surface area contributed by atoms with Gasteiger partial charge < -0.3 is 5.73 Å². The lowest BCUT2D eigenvalue weighted by Gasteiger charge is -2.06. The Labute approximate surface area is 115 Å². The molecule has 0 aliphatic heterocycles. The summed E-state index contributed by atoms with van der Waals surface area (Å²) in [4.78, 5) is 0.115. The highest BCUT2D eigenvalue weighted by Gasteiger charge is 2.17. The van der Waals surface area contributed by atoms with Crippen LogP contribution in [0.2, 0.25) is 0 Å². The van der Waals surface area contributed by atoms with Crippen LogP contribution in [0.25, 0.3) is 0 Å². The molecule has 3 N–H and O–H groups in total. The number of nitrogen functional groups attached to an aromatic ring is 1. The summed E-state index contributed by atoms with van der Waals surface area (Å²) < 4.78 is 26.7. The first-order valence-electron chi connectivity index (χ1n) is 5.63. The van der Waals surface area contributed by atoms with Crippen molar-refractivity contribution in [3.8, 4) is 0 Å². The molecule has 2 rings (SSSR count). The van der Waals surface area contributed by atoms with E-state index in [9.17, 15) is 8.42 Å². The predicted octanol–water partition coefficient (Wildman–Crippen LogP) is 1.79. The number of benzene rings is 1. The van der Waals surface area contributed by atoms with Gasteiger partial charge >= 0.3 is 0 Å². The first-order chi connectivity index (χ1) is 8.92. The first kappa shape index (κ1) is 13.8. The molecule has 0 saturated carbocycles. The normalized spacial score (nSPS) is 11.5. The maximum Gasteiger partial charge on any atom is 0.263 e. The number of aromatic nitrogens is 2. The molecule has 1 aromatic heterocycles. The zero-order chi connectivity index (χ0) is 14.0. The molecule has 0 bridgehead atoms. The number of hydrogen-bond donors (Lipinski definition) is 2. The van der Waals surface area contributed by atoms with E-state index in [1.165, 1.54) is 23.5 Å². The maximum absolute atomic E-state index is 12.1. The summed E-state index contributed by atoms with van der Waals surface area (Å²) in [6.45, 7) is 3.75. The second-order valence-electron chi connectivity index (χ2n) is 3.98. The van der Waals surface area contributed by atoms with Crippen LogP contribution in [0.15, 0.2) is 23.1 Å². The average molecular weight is 298 g/mol. The molecule has 2 aromatic rings. The molecule has 6 nitrogen and oxygen atoms in total. The molecule has 1 heterocycles. The summed E-state index contributed by atoms with van der Waals surface area (Å²) in [5, 5.41) is 8.68. The van der Waals surface area contributed by atoms with Crippen molar-refractivity contribution < 1.29 is 8.42 Å². The molecule has 0 radical (unpaired) electrons. The van der Waals surface area contributed by atoms with Gasteiger partial charge in [0, 0.05) is 5.69 Å². The SMILES string of the molecule is CCc1nnc(NS(=O)(=O)c2ccc(C)c(N)c2)s1. The topological polar surface area (TPSA) is 98.0 Å². The Morgan fingerprint density at radius 1 is 1.37 bits per heavy atom. The number of anilines is 2. The summed E-state index contributed by atoms with van der Waals surface area (Å²) in [6.07, 6.45) is 0.719. The largest absolute Gasteiger partial charge is 0.398 e. The van der Waals surface area contributed by atoms with E-state index in [0.717, 1.165) is 17.0 Å². The third-order valence-corrected chi connectivity index (χ3v) is 5.00. The van der Waals surface area contributed by atoms with Crippen LogP contribution in [-0.4, -0.2) is 18.6 Å². The number of aryl methyl sites for hydroxylation is 2. The molecule has 1 aromatic carbocycles. The van der Waals surface area contributed by atoms with Crippen molar-refractivity contribution in [3.05, 3.63) is 28.8 Å². The fourth-order valence-electron chi connectivity index (χ4n) is 1.40. The summed E-state index contributed by atoms with van der Waals surface area (Å²) in [5.41, 5.74) is 6.99. The second-order valence-corrected chi connectivity index (χ2v) is 6.72. The third kappa shape index (κ3) is 3.02. The molecule has 8 heteroatoms. The van der Waals surface area contributed by atoms with Gasteiger partial charge in [-0.2, -0.15) is 0 Å². The molecule has 0 amide bonds. The highest BCUT2D eigenvalue weighted by atomic mass is 32.2. The molecule has 0 atom stereocenters. The van der Waals surface area contributed by atoms with Crippen LogP contribution < -0.4 is 10.5 Å². The Balaban J connectivity index is 2.29. The highest BCUT2D eigenvalue weighted by molar-refractivity contribution is 7.93. The molecule has 0 spiro atoms. The molecule has 0 fully saturated rings. The van der Waals surface area contributed by atoms with Gasteiger partial charge in [-0.3, -0.25) is 4.72 Å². The minimum atomic E-state index is -3.67. The highest BCUT2D eigenvalue weighted by Crippen LogP contribution is 2.22. The van der Waals surface area contributed by atoms with Crippen molar-refractivity contribution in [2.75, 3.05) is 10.5 Å². The van der Waals surface area contributed by atoms with Crippen LogP contribution in [0.5, 0.6) is 0 Å². The zero-order valence-corrected chi connectivity index (χ0v) is 12.2. The number of nitrogens with one attached hydrogen (secondary N) is 1. The van der Waals surface area contributed by atoms with Crippen LogP contribution in [0.4, 0.5) is 10.8 Å². The maximum atomic E-state index is 12.1. The lowest BCUT2D eigenvalue weighted by molar-refractivity contribution is 0.601. The summed E-state index contributed by atoms with van der Waals surface area (Å²) in [7, 11) is -3.67. The van der Waals surface area contributed by atoms with Gasteiger partial charge in [0.2, 0.25) is 5.13 Å². The number of sulfonamides is 1. The lowest BCUT2D eigenvalue weighted by atomic mass is 10.2. The van der Waals surface area contributed by atoms with Crippen molar-refractivity contribution in [2.45, 2.75) is 25.2 Å². The van der Waals surface area contributed by atoms with Crippen molar-refractivity contribution in [1.29, 1.82) is 0 Å². The van der Waals surface area contributed by atoms with Crippen LogP contribution in [0.3, 0.4) is 0 Å². The van der Waals surface area contributed by atoms with Gasteiger partial charge in [-0.1, -0.05) is 24.3 Å². The number of rotatable bonds is 4. The van der Waals surface area contributed by atoms with E-state index < -0.39 is 10.0 Å². The van der Waals surface area contributed by atoms with Gasteiger partial charge in [-0.05, 0) is 31.0 Å². The van der Waals surface area contributed by atoms with E-state index in [-0.39, 0.29) is 10.0 Å². The third-order valence-electron chi connectivity index (χ3n) is 2.55. The van der Waals surface area contributed by atoms with E-state index in [1.807, 2.05) is 13.8 Å². The number of nitrogens with zero attached hydrogens (tertiary/aromatic N) is 2. The lowest BCUT2D eigenvalue weighted by Crippen LogP contribution is -2.13. The van der Waals surface area contributed by atoms with Gasteiger partial charge in [0.25, 0.3) is 10.0 Å². The fraction of sp³-hybridized carbons (Fsp3) is 0.273. The van der Waals surface area contributed by atoms with Crippen molar-refractivity contribution in [1.82, 2.24) is 10.2 Å². The van der Waals surface area contributed by atoms with E-state index in [1.54, 1.807) is 6.07 Å². The molecule has 0 aliphatic rings. The predicted molar refractivity (Wildman–Crippen MR) is 75.7 cm³/mol. The van der Waals surface area contributed by atoms with Crippen molar-refractivity contribution in [3.63, 3.8) is 0 Å². The Bertz CT molecular complexity index is 694. The van der Waals surface area contributed by atoms with Crippen LogP contribution >= 0.6 is 11.3 Å². The van der Waals surface area contributed by atoms with Gasteiger partial charge in [0.15, 0.2) is 0 Å². The summed E-state index contributed by atoms with van der Waals surface area (Å²) >= 11 is 1.22. The Morgan fingerprint density at radius 3 is 2.68 bits per heavy atom. The Hall–Kier alpha value is -1.67. The monoisotopic (exact) mass is 298 g/mol. The van der Waals surface area contributed by atoms with E-state index in [2.05, 4.69) is 14.9 Å². The fourth-order valence-corrected chi connectivity index (χ4v) is 3.34. The smallest absolute Gasteiger partial charge is 0.263 e. The minimum Gasteiger partial charge on any atom is -0.398 e. The van der Waals surface area contributed by atoms with Crippen LogP contribution in [0, 0.1) is 6.92 Å². The summed E-state index contributed by atoms with van der Waals surface area (Å²) in [6, 6.07) is 4.61. The minimum absolute atomic E-state index is 0.115. The van der Waals surface area contributed by atoms with Crippen LogP contribution in [0.1, 0.15) is 17.5 Å². The standard InChI is InChI=1S/C11H14N4O2S2/c1-3-10-13-14-11(18-10)15-19(16,17)8-5-4-7(2)9(12)6-8/h4-6H,3,12H2,1-2H3,(H,14,15). The van der Waals surface area contributed by atoms with E-state index in [4.69, 9.17) is 5.73 Å². The van der Waals surface area contributed by atoms with Crippen LogP contribution in [-0.2, 0) is 16.4 Å². The van der Waals surface area contributed by atoms with E-state index >= 15 is 0 Å². The van der Waals surface area contributed by atoms with E-state index in [0.29, 0.717) is 5.69 Å². The first-order valence-corrected chi connectivity index (χ1v) is 7.93. The zero-order valence-electron chi connectivity index (χ0n) is 10.5. The van der Waals surface area contributed by atoms with Crippen molar-refractivity contribution in [2.24, 2.45) is 0 Å². The molecular weight excluding hydrogens is 284 g/mol. The molecule has 0 aliphatic carbocycles. The molecule has 19 heavy (non-hydrogen) atoms. The van der Waals surface area contributed by atoms with Gasteiger partial charge in [0.1, 0.15) is 5.01 Å². The second kappa shape index (κ2) is 5.14. The molecule has 102 valence electrons. The van der Waals surface area contributed by atoms with Crippen molar-refractivity contribution >= 4 is 32.2 Å². The Kier molecular flexibility index (Phi) is 3.72. The van der Waals surface area contributed by atoms with Gasteiger partial charge in [-0.15, -0.1) is 10.2 Å². The van der Waals surface area contributed by atoms with Gasteiger partial charge in [0.05, 0.1) is 4.90 Å². The average Bonchev–Trinajstić information content (AvgIpc) is 2.79. The van der Waals surface area contributed by atoms with Gasteiger partial charge in [-0.25, -0.2) is 8.42 Å². The molecule has 0 unspecified atom stereocenters. The number of nitrogens with two attached hydrogens (primary N) is 1. The molecule has 0 saturated heterocycles. The Morgan fingerprint density at radius 2 is 2.11 bits per heavy atom.